The summed E-state index contributed by atoms with van der Waals surface area (Å²) in [5, 5.41) is 3.61. The Morgan fingerprint density at radius 1 is 1.16 bits per heavy atom. The highest BCUT2D eigenvalue weighted by Gasteiger charge is 2.30. The summed E-state index contributed by atoms with van der Waals surface area (Å²) < 4.78 is 34.7. The molecule has 2 aromatic heterocycles. The van der Waals surface area contributed by atoms with Crippen LogP contribution in [-0.4, -0.2) is 41.8 Å². The molecule has 164 valence electrons. The lowest BCUT2D eigenvalue weighted by atomic mass is 10.3. The molecule has 1 aliphatic rings. The highest BCUT2D eigenvalue weighted by molar-refractivity contribution is 7.89. The van der Waals surface area contributed by atoms with Crippen LogP contribution in [0.1, 0.15) is 25.5 Å². The Hall–Kier alpha value is -2.62. The fraction of sp³-hybridized carbons (Fsp3) is 0.333. The molecule has 3 aromatic rings. The molecule has 0 spiro atoms. The molecular formula is C21H23ClN4O4S. The fourth-order valence-electron chi connectivity index (χ4n) is 3.57. The maximum atomic E-state index is 13.1. The highest BCUT2D eigenvalue weighted by Crippen LogP contribution is 2.31. The number of nitrogens with zero attached hydrogens (tertiary/aromatic N) is 3. The van der Waals surface area contributed by atoms with Crippen LogP contribution in [0.3, 0.4) is 0 Å². The smallest absolute Gasteiger partial charge is 0.258 e. The minimum atomic E-state index is -3.65. The first-order chi connectivity index (χ1) is 14.9. The zero-order chi connectivity index (χ0) is 22.0. The lowest BCUT2D eigenvalue weighted by Crippen LogP contribution is -2.28. The van der Waals surface area contributed by atoms with Crippen LogP contribution in [0.25, 0.3) is 5.65 Å². The summed E-state index contributed by atoms with van der Waals surface area (Å²) in [6.45, 7) is 3.46. The van der Waals surface area contributed by atoms with E-state index in [-0.39, 0.29) is 17.0 Å². The number of fused-ring (bicyclic) bond motifs is 1. The van der Waals surface area contributed by atoms with Crippen LogP contribution >= 0.6 is 11.6 Å². The predicted octanol–water partition coefficient (Wildman–Crippen LogP) is 3.14. The summed E-state index contributed by atoms with van der Waals surface area (Å²) in [6, 6.07) is 9.74. The number of pyridine rings is 1. The van der Waals surface area contributed by atoms with E-state index >= 15 is 0 Å². The number of aromatic nitrogens is 2. The van der Waals surface area contributed by atoms with Crippen molar-refractivity contribution in [2.45, 2.75) is 31.2 Å². The van der Waals surface area contributed by atoms with Crippen molar-refractivity contribution in [3.8, 4) is 5.75 Å². The molecule has 4 rings (SSSR count). The van der Waals surface area contributed by atoms with E-state index in [9.17, 15) is 13.2 Å². The van der Waals surface area contributed by atoms with Gasteiger partial charge in [-0.2, -0.15) is 4.31 Å². The van der Waals surface area contributed by atoms with Gasteiger partial charge in [0.05, 0.1) is 23.9 Å². The number of hydrogen-bond acceptors (Lipinski definition) is 6. The molecule has 1 fully saturated rings. The summed E-state index contributed by atoms with van der Waals surface area (Å²) in [6.07, 6.45) is 3.23. The average Bonchev–Trinajstić information content (AvgIpc) is 3.29. The number of anilines is 1. The van der Waals surface area contributed by atoms with Gasteiger partial charge in [0.25, 0.3) is 5.56 Å². The van der Waals surface area contributed by atoms with Crippen molar-refractivity contribution >= 4 is 33.0 Å². The standard InChI is InChI=1S/C21H23ClN4O4S/c1-2-30-18-7-6-16(11-19(18)31(28,29)25-9-3-4-10-25)23-13-17-12-21(27)26-14-15(22)5-8-20(26)24-17/h5-8,11-12,14,23H,2-4,9-10,13H2,1H3. The van der Waals surface area contributed by atoms with Gasteiger partial charge < -0.3 is 10.1 Å². The number of nitrogens with one attached hydrogen (secondary N) is 1. The first-order valence-corrected chi connectivity index (χ1v) is 11.9. The van der Waals surface area contributed by atoms with Crippen molar-refractivity contribution in [1.82, 2.24) is 13.7 Å². The average molecular weight is 463 g/mol. The lowest BCUT2D eigenvalue weighted by Gasteiger charge is -2.19. The van der Waals surface area contributed by atoms with Crippen molar-refractivity contribution in [3.63, 3.8) is 0 Å². The first-order valence-electron chi connectivity index (χ1n) is 10.1. The Bertz CT molecular complexity index is 1270. The molecule has 1 aromatic carbocycles. The molecule has 10 heteroatoms. The van der Waals surface area contributed by atoms with E-state index in [4.69, 9.17) is 16.3 Å². The van der Waals surface area contributed by atoms with Crippen LogP contribution in [0.15, 0.2) is 52.3 Å². The molecule has 1 saturated heterocycles. The molecule has 0 unspecified atom stereocenters. The molecule has 0 radical (unpaired) electrons. The Balaban J connectivity index is 1.61. The van der Waals surface area contributed by atoms with Gasteiger partial charge in [-0.25, -0.2) is 13.4 Å². The largest absolute Gasteiger partial charge is 0.492 e. The summed E-state index contributed by atoms with van der Waals surface area (Å²) in [5.74, 6) is 0.332. The zero-order valence-corrected chi connectivity index (χ0v) is 18.6. The number of benzene rings is 1. The van der Waals surface area contributed by atoms with E-state index < -0.39 is 10.0 Å². The quantitative estimate of drug-likeness (QED) is 0.579. The zero-order valence-electron chi connectivity index (χ0n) is 17.0. The number of sulfonamides is 1. The third-order valence-electron chi connectivity index (χ3n) is 5.08. The second kappa shape index (κ2) is 8.86. The van der Waals surface area contributed by atoms with Gasteiger partial charge in [0, 0.05) is 31.0 Å². The van der Waals surface area contributed by atoms with Gasteiger partial charge >= 0.3 is 0 Å². The van der Waals surface area contributed by atoms with Gasteiger partial charge in [0.2, 0.25) is 10.0 Å². The van der Waals surface area contributed by atoms with Gasteiger partial charge in [-0.15, -0.1) is 0 Å². The summed E-state index contributed by atoms with van der Waals surface area (Å²) in [4.78, 5) is 17.0. The fourth-order valence-corrected chi connectivity index (χ4v) is 5.41. The van der Waals surface area contributed by atoms with Gasteiger partial charge in [-0.1, -0.05) is 11.6 Å². The Morgan fingerprint density at radius 2 is 1.94 bits per heavy atom. The highest BCUT2D eigenvalue weighted by atomic mass is 35.5. The Labute approximate surface area is 185 Å². The summed E-state index contributed by atoms with van der Waals surface area (Å²) in [7, 11) is -3.65. The van der Waals surface area contributed by atoms with Gasteiger partial charge in [-0.3, -0.25) is 9.20 Å². The molecule has 0 saturated carbocycles. The van der Waals surface area contributed by atoms with Gasteiger partial charge in [-0.05, 0) is 50.1 Å². The Morgan fingerprint density at radius 3 is 2.68 bits per heavy atom. The van der Waals surface area contributed by atoms with Crippen molar-refractivity contribution < 1.29 is 13.2 Å². The van der Waals surface area contributed by atoms with Crippen LogP contribution in [-0.2, 0) is 16.6 Å². The number of halogens is 1. The maximum absolute atomic E-state index is 13.1. The number of rotatable bonds is 7. The molecule has 1 aliphatic heterocycles. The third kappa shape index (κ3) is 4.53. The number of ether oxygens (including phenoxy) is 1. The first kappa shape index (κ1) is 21.6. The molecule has 0 aliphatic carbocycles. The SMILES string of the molecule is CCOc1ccc(NCc2cc(=O)n3cc(Cl)ccc3n2)cc1S(=O)(=O)N1CCCC1. The molecule has 8 nitrogen and oxygen atoms in total. The van der Waals surface area contributed by atoms with E-state index in [1.54, 1.807) is 30.3 Å². The topological polar surface area (TPSA) is 93.0 Å². The number of hydrogen-bond donors (Lipinski definition) is 1. The van der Waals surface area contributed by atoms with Crippen LogP contribution in [0.5, 0.6) is 5.75 Å². The van der Waals surface area contributed by atoms with E-state index in [0.717, 1.165) is 12.8 Å². The van der Waals surface area contributed by atoms with E-state index in [0.29, 0.717) is 47.5 Å². The summed E-state index contributed by atoms with van der Waals surface area (Å²) >= 11 is 5.94. The van der Waals surface area contributed by atoms with Crippen LogP contribution in [0, 0.1) is 0 Å². The van der Waals surface area contributed by atoms with Gasteiger partial charge in [0.15, 0.2) is 0 Å². The van der Waals surface area contributed by atoms with Crippen molar-refractivity contribution in [2.75, 3.05) is 25.0 Å². The molecule has 0 bridgehead atoms. The minimum Gasteiger partial charge on any atom is -0.492 e. The molecule has 0 amide bonds. The van der Waals surface area contributed by atoms with Crippen LogP contribution in [0.4, 0.5) is 5.69 Å². The Kier molecular flexibility index (Phi) is 6.17. The van der Waals surface area contributed by atoms with Crippen molar-refractivity contribution in [3.05, 3.63) is 63.7 Å². The lowest BCUT2D eigenvalue weighted by molar-refractivity contribution is 0.329. The molecule has 0 atom stereocenters. The minimum absolute atomic E-state index is 0.141. The van der Waals surface area contributed by atoms with Crippen LogP contribution < -0.4 is 15.6 Å². The molecular weight excluding hydrogens is 440 g/mol. The third-order valence-corrected chi connectivity index (χ3v) is 7.22. The molecule has 31 heavy (non-hydrogen) atoms. The molecule has 1 N–H and O–H groups in total. The predicted molar refractivity (Wildman–Crippen MR) is 119 cm³/mol. The van der Waals surface area contributed by atoms with Crippen LogP contribution in [0.2, 0.25) is 5.02 Å². The van der Waals surface area contributed by atoms with Crippen molar-refractivity contribution in [2.24, 2.45) is 0 Å². The summed E-state index contributed by atoms with van der Waals surface area (Å²) in [5.41, 5.74) is 1.37. The second-order valence-electron chi connectivity index (χ2n) is 7.22. The van der Waals surface area contributed by atoms with E-state index in [1.165, 1.54) is 21.0 Å². The normalized spacial score (nSPS) is 14.8. The van der Waals surface area contributed by atoms with Gasteiger partial charge in [0.1, 0.15) is 16.3 Å². The second-order valence-corrected chi connectivity index (χ2v) is 9.56. The monoisotopic (exact) mass is 462 g/mol. The maximum Gasteiger partial charge on any atom is 0.258 e. The van der Waals surface area contributed by atoms with E-state index in [2.05, 4.69) is 10.3 Å². The molecule has 3 heterocycles. The van der Waals surface area contributed by atoms with Crippen molar-refractivity contribution in [1.29, 1.82) is 0 Å². The van der Waals surface area contributed by atoms with E-state index in [1.807, 2.05) is 6.92 Å².